The second kappa shape index (κ2) is 7.56. The van der Waals surface area contributed by atoms with Crippen LogP contribution in [0, 0.1) is 5.82 Å². The maximum Gasteiger partial charge on any atom is 0.326 e. The van der Waals surface area contributed by atoms with Crippen LogP contribution in [0.4, 0.5) is 20.6 Å². The molecule has 0 radical (unpaired) electrons. The molecule has 0 fully saturated rings. The molecule has 1 aliphatic rings. The molecule has 1 heterocycles. The second-order valence-corrected chi connectivity index (χ2v) is 6.42. The van der Waals surface area contributed by atoms with Crippen molar-refractivity contribution >= 4 is 23.3 Å². The Balaban J connectivity index is 1.79. The van der Waals surface area contributed by atoms with Crippen molar-refractivity contribution in [3.8, 4) is 0 Å². The Morgan fingerprint density at radius 3 is 2.62 bits per heavy atom. The molecule has 3 rings (SSSR count). The number of fused-ring (bicyclic) bond motifs is 1. The highest BCUT2D eigenvalue weighted by molar-refractivity contribution is 6.05. The van der Waals surface area contributed by atoms with E-state index in [1.54, 1.807) is 17.0 Å². The van der Waals surface area contributed by atoms with Crippen LogP contribution in [-0.2, 0) is 6.42 Å². The second-order valence-electron chi connectivity index (χ2n) is 6.42. The maximum absolute atomic E-state index is 13.0. The van der Waals surface area contributed by atoms with E-state index in [-0.39, 0.29) is 23.8 Å². The SMILES string of the molecule is CC[C@@H](C)NC(=O)c1cccc2c1CCN2C(=O)Nc1ccc(F)cc1. The van der Waals surface area contributed by atoms with Crippen LogP contribution in [0.1, 0.15) is 36.2 Å². The van der Waals surface area contributed by atoms with E-state index in [1.807, 2.05) is 19.9 Å². The van der Waals surface area contributed by atoms with E-state index in [1.165, 1.54) is 24.3 Å². The summed E-state index contributed by atoms with van der Waals surface area (Å²) in [6.45, 7) is 4.47. The van der Waals surface area contributed by atoms with Gasteiger partial charge >= 0.3 is 6.03 Å². The topological polar surface area (TPSA) is 61.4 Å². The van der Waals surface area contributed by atoms with Gasteiger partial charge in [-0.05, 0) is 61.7 Å². The smallest absolute Gasteiger partial charge is 0.326 e. The number of rotatable bonds is 4. The van der Waals surface area contributed by atoms with Crippen molar-refractivity contribution < 1.29 is 14.0 Å². The monoisotopic (exact) mass is 355 g/mol. The summed E-state index contributed by atoms with van der Waals surface area (Å²) in [6, 6.07) is 10.8. The molecule has 2 aromatic rings. The Labute approximate surface area is 152 Å². The molecule has 0 saturated heterocycles. The molecule has 2 aromatic carbocycles. The fourth-order valence-corrected chi connectivity index (χ4v) is 2.99. The average Bonchev–Trinajstić information content (AvgIpc) is 3.07. The minimum Gasteiger partial charge on any atom is -0.350 e. The molecule has 26 heavy (non-hydrogen) atoms. The molecular formula is C20H22FN3O2. The number of hydrogen-bond donors (Lipinski definition) is 2. The van der Waals surface area contributed by atoms with Gasteiger partial charge in [-0.3, -0.25) is 9.69 Å². The Hall–Kier alpha value is -2.89. The predicted molar refractivity (Wildman–Crippen MR) is 100 cm³/mol. The highest BCUT2D eigenvalue weighted by atomic mass is 19.1. The standard InChI is InChI=1S/C20H22FN3O2/c1-3-13(2)22-19(25)17-5-4-6-18-16(17)11-12-24(18)20(26)23-15-9-7-14(21)8-10-15/h4-10,13H,3,11-12H2,1-2H3,(H,22,25)(H,23,26)/t13-/m1/s1. The molecule has 0 spiro atoms. The first-order valence-corrected chi connectivity index (χ1v) is 8.76. The summed E-state index contributed by atoms with van der Waals surface area (Å²) in [4.78, 5) is 26.7. The molecule has 0 saturated carbocycles. The molecule has 136 valence electrons. The maximum atomic E-state index is 13.0. The lowest BCUT2D eigenvalue weighted by Crippen LogP contribution is -2.33. The molecular weight excluding hydrogens is 333 g/mol. The lowest BCUT2D eigenvalue weighted by molar-refractivity contribution is 0.0938. The van der Waals surface area contributed by atoms with Crippen molar-refractivity contribution in [1.82, 2.24) is 5.32 Å². The van der Waals surface area contributed by atoms with Gasteiger partial charge in [0.05, 0.1) is 0 Å². The zero-order valence-electron chi connectivity index (χ0n) is 14.9. The zero-order chi connectivity index (χ0) is 18.7. The molecule has 0 bridgehead atoms. The number of carbonyl (C=O) groups is 2. The molecule has 2 N–H and O–H groups in total. The highest BCUT2D eigenvalue weighted by Gasteiger charge is 2.28. The van der Waals surface area contributed by atoms with Gasteiger partial charge < -0.3 is 10.6 Å². The molecule has 6 heteroatoms. The highest BCUT2D eigenvalue weighted by Crippen LogP contribution is 2.31. The summed E-state index contributed by atoms with van der Waals surface area (Å²) in [6.07, 6.45) is 1.48. The summed E-state index contributed by atoms with van der Waals surface area (Å²) < 4.78 is 13.0. The van der Waals surface area contributed by atoms with Crippen LogP contribution in [0.15, 0.2) is 42.5 Å². The molecule has 3 amide bonds. The van der Waals surface area contributed by atoms with E-state index in [0.29, 0.717) is 24.2 Å². The molecule has 1 aliphatic heterocycles. The number of nitrogens with zero attached hydrogens (tertiary/aromatic N) is 1. The molecule has 0 unspecified atom stereocenters. The number of anilines is 2. The van der Waals surface area contributed by atoms with Gasteiger partial charge in [0.2, 0.25) is 0 Å². The summed E-state index contributed by atoms with van der Waals surface area (Å²) >= 11 is 0. The fraction of sp³-hybridized carbons (Fsp3) is 0.300. The van der Waals surface area contributed by atoms with Crippen LogP contribution >= 0.6 is 0 Å². The number of urea groups is 1. The van der Waals surface area contributed by atoms with Crippen LogP contribution in [0.3, 0.4) is 0 Å². The molecule has 5 nitrogen and oxygen atoms in total. The van der Waals surface area contributed by atoms with Crippen molar-refractivity contribution in [2.24, 2.45) is 0 Å². The lowest BCUT2D eigenvalue weighted by atomic mass is 10.0. The molecule has 0 aromatic heterocycles. The fourth-order valence-electron chi connectivity index (χ4n) is 2.99. The van der Waals surface area contributed by atoms with Gasteiger partial charge in [0.25, 0.3) is 5.91 Å². The van der Waals surface area contributed by atoms with Crippen molar-refractivity contribution in [3.63, 3.8) is 0 Å². The Bertz CT molecular complexity index is 820. The normalized spacial score (nSPS) is 13.9. The third kappa shape index (κ3) is 3.69. The minimum atomic E-state index is -0.355. The van der Waals surface area contributed by atoms with Crippen LogP contribution in [0.5, 0.6) is 0 Å². The first kappa shape index (κ1) is 17.9. The van der Waals surface area contributed by atoms with Crippen LogP contribution in [0.2, 0.25) is 0 Å². The predicted octanol–water partition coefficient (Wildman–Crippen LogP) is 3.95. The molecule has 0 aliphatic carbocycles. The van der Waals surface area contributed by atoms with Crippen molar-refractivity contribution in [1.29, 1.82) is 0 Å². The Morgan fingerprint density at radius 2 is 1.92 bits per heavy atom. The van der Waals surface area contributed by atoms with Gasteiger partial charge in [-0.1, -0.05) is 13.0 Å². The summed E-state index contributed by atoms with van der Waals surface area (Å²) in [7, 11) is 0. The first-order valence-electron chi connectivity index (χ1n) is 8.76. The van der Waals surface area contributed by atoms with Gasteiger partial charge in [-0.2, -0.15) is 0 Å². The van der Waals surface area contributed by atoms with Crippen molar-refractivity contribution in [2.75, 3.05) is 16.8 Å². The number of nitrogens with one attached hydrogen (secondary N) is 2. The first-order chi connectivity index (χ1) is 12.5. The molecule has 1 atom stereocenters. The van der Waals surface area contributed by atoms with E-state index >= 15 is 0 Å². The number of amides is 3. The number of halogens is 1. The summed E-state index contributed by atoms with van der Waals surface area (Å²) in [5.41, 5.74) is 2.75. The van der Waals surface area contributed by atoms with Gasteiger partial charge in [0.15, 0.2) is 0 Å². The Morgan fingerprint density at radius 1 is 1.19 bits per heavy atom. The van der Waals surface area contributed by atoms with E-state index in [2.05, 4.69) is 10.6 Å². The van der Waals surface area contributed by atoms with E-state index < -0.39 is 0 Å². The number of carbonyl (C=O) groups excluding carboxylic acids is 2. The third-order valence-corrected chi connectivity index (χ3v) is 4.60. The van der Waals surface area contributed by atoms with Crippen molar-refractivity contribution in [2.45, 2.75) is 32.7 Å². The van der Waals surface area contributed by atoms with Crippen LogP contribution in [0.25, 0.3) is 0 Å². The Kier molecular flexibility index (Phi) is 5.21. The zero-order valence-corrected chi connectivity index (χ0v) is 14.9. The largest absolute Gasteiger partial charge is 0.350 e. The number of benzene rings is 2. The summed E-state index contributed by atoms with van der Waals surface area (Å²) in [5, 5.41) is 5.73. The van der Waals surface area contributed by atoms with Gasteiger partial charge in [0.1, 0.15) is 5.82 Å². The van der Waals surface area contributed by atoms with Gasteiger partial charge in [-0.15, -0.1) is 0 Å². The average molecular weight is 355 g/mol. The van der Waals surface area contributed by atoms with E-state index in [9.17, 15) is 14.0 Å². The van der Waals surface area contributed by atoms with Crippen LogP contribution < -0.4 is 15.5 Å². The quantitative estimate of drug-likeness (QED) is 0.872. The number of hydrogen-bond acceptors (Lipinski definition) is 2. The summed E-state index contributed by atoms with van der Waals surface area (Å²) in [5.74, 6) is -0.469. The van der Waals surface area contributed by atoms with Gasteiger partial charge in [0, 0.05) is 29.5 Å². The van der Waals surface area contributed by atoms with Gasteiger partial charge in [-0.25, -0.2) is 9.18 Å². The minimum absolute atomic E-state index is 0.0950. The van der Waals surface area contributed by atoms with E-state index in [0.717, 1.165) is 17.7 Å². The third-order valence-electron chi connectivity index (χ3n) is 4.60. The lowest BCUT2D eigenvalue weighted by Gasteiger charge is -2.19. The van der Waals surface area contributed by atoms with Crippen molar-refractivity contribution in [3.05, 3.63) is 59.4 Å². The van der Waals surface area contributed by atoms with E-state index in [4.69, 9.17) is 0 Å². The van der Waals surface area contributed by atoms with Crippen LogP contribution in [-0.4, -0.2) is 24.5 Å².